The zero-order valence-electron chi connectivity index (χ0n) is 15.6. The van der Waals surface area contributed by atoms with Crippen LogP contribution in [0.3, 0.4) is 0 Å². The van der Waals surface area contributed by atoms with Crippen LogP contribution in [-0.2, 0) is 11.2 Å². The average Bonchev–Trinajstić information content (AvgIpc) is 3.14. The number of guanidine groups is 1. The van der Waals surface area contributed by atoms with Crippen molar-refractivity contribution in [1.82, 2.24) is 10.6 Å². The number of hydrogen-bond donors (Lipinski definition) is 3. The molecule has 0 unspecified atom stereocenters. The van der Waals surface area contributed by atoms with Crippen molar-refractivity contribution in [2.24, 2.45) is 4.99 Å². The van der Waals surface area contributed by atoms with Gasteiger partial charge in [0.1, 0.15) is 12.4 Å². The second-order valence-electron chi connectivity index (χ2n) is 6.12. The molecule has 1 aliphatic heterocycles. The van der Waals surface area contributed by atoms with Crippen LogP contribution in [0.1, 0.15) is 12.5 Å². The molecular weight excluding hydrogens is 363 g/mol. The largest absolute Gasteiger partial charge is 0.454 e. The molecular formula is C20H23FN4O3. The molecule has 1 amide bonds. The number of benzene rings is 2. The summed E-state index contributed by atoms with van der Waals surface area (Å²) >= 11 is 0. The van der Waals surface area contributed by atoms with E-state index in [1.807, 2.05) is 25.1 Å². The summed E-state index contributed by atoms with van der Waals surface area (Å²) in [5.41, 5.74) is 1.51. The van der Waals surface area contributed by atoms with Crippen LogP contribution in [0.4, 0.5) is 10.1 Å². The van der Waals surface area contributed by atoms with Gasteiger partial charge >= 0.3 is 0 Å². The van der Waals surface area contributed by atoms with Crippen LogP contribution in [0.5, 0.6) is 11.5 Å². The van der Waals surface area contributed by atoms with Crippen molar-refractivity contribution >= 4 is 17.6 Å². The van der Waals surface area contributed by atoms with Gasteiger partial charge in [-0.1, -0.05) is 12.1 Å². The first-order chi connectivity index (χ1) is 13.6. The van der Waals surface area contributed by atoms with E-state index in [1.165, 1.54) is 18.2 Å². The van der Waals surface area contributed by atoms with Gasteiger partial charge in [-0.05, 0) is 49.2 Å². The summed E-state index contributed by atoms with van der Waals surface area (Å²) in [4.78, 5) is 16.3. The molecule has 0 bridgehead atoms. The number of anilines is 1. The molecule has 2 aromatic rings. The second-order valence-corrected chi connectivity index (χ2v) is 6.12. The van der Waals surface area contributed by atoms with Gasteiger partial charge in [0.05, 0.1) is 0 Å². The lowest BCUT2D eigenvalue weighted by molar-refractivity contribution is -0.114. The molecule has 1 heterocycles. The Kier molecular flexibility index (Phi) is 6.67. The lowest BCUT2D eigenvalue weighted by Crippen LogP contribution is -2.39. The molecule has 0 aromatic heterocycles. The van der Waals surface area contributed by atoms with Crippen LogP contribution in [0.15, 0.2) is 47.5 Å². The monoisotopic (exact) mass is 386 g/mol. The quantitative estimate of drug-likeness (QED) is 0.502. The predicted octanol–water partition coefficient (Wildman–Crippen LogP) is 2.29. The zero-order chi connectivity index (χ0) is 19.8. The molecule has 1 aliphatic rings. The number of carbonyl (C=O) groups is 1. The number of hydrogen-bond acceptors (Lipinski definition) is 4. The van der Waals surface area contributed by atoms with Crippen LogP contribution in [0, 0.1) is 5.82 Å². The topological polar surface area (TPSA) is 84.0 Å². The van der Waals surface area contributed by atoms with Crippen molar-refractivity contribution in [2.45, 2.75) is 13.3 Å². The minimum atomic E-state index is -0.403. The lowest BCUT2D eigenvalue weighted by atomic mass is 10.1. The molecule has 0 fully saturated rings. The van der Waals surface area contributed by atoms with Crippen molar-refractivity contribution in [2.75, 3.05) is 31.7 Å². The van der Waals surface area contributed by atoms with Crippen molar-refractivity contribution in [1.29, 1.82) is 0 Å². The molecule has 0 spiro atoms. The average molecular weight is 386 g/mol. The summed E-state index contributed by atoms with van der Waals surface area (Å²) in [6.45, 7) is 3.43. The van der Waals surface area contributed by atoms with Gasteiger partial charge in [-0.3, -0.25) is 4.79 Å². The number of ether oxygens (including phenoxy) is 2. The van der Waals surface area contributed by atoms with E-state index < -0.39 is 5.82 Å². The number of rotatable bonds is 7. The molecule has 0 saturated heterocycles. The Bertz CT molecular complexity index is 857. The van der Waals surface area contributed by atoms with Gasteiger partial charge in [0.25, 0.3) is 0 Å². The molecule has 0 aliphatic carbocycles. The van der Waals surface area contributed by atoms with Gasteiger partial charge in [0.2, 0.25) is 12.7 Å². The van der Waals surface area contributed by atoms with Gasteiger partial charge in [-0.25, -0.2) is 9.38 Å². The van der Waals surface area contributed by atoms with Crippen molar-refractivity contribution in [3.05, 3.63) is 53.8 Å². The highest BCUT2D eigenvalue weighted by molar-refractivity contribution is 5.94. The maximum absolute atomic E-state index is 13.2. The fourth-order valence-electron chi connectivity index (χ4n) is 2.68. The van der Waals surface area contributed by atoms with E-state index in [1.54, 1.807) is 6.07 Å². The Balaban J connectivity index is 1.48. The maximum atomic E-state index is 13.2. The molecule has 0 radical (unpaired) electrons. The van der Waals surface area contributed by atoms with Crippen LogP contribution >= 0.6 is 0 Å². The Morgan fingerprint density at radius 3 is 2.82 bits per heavy atom. The summed E-state index contributed by atoms with van der Waals surface area (Å²) in [5, 5.41) is 8.90. The molecule has 28 heavy (non-hydrogen) atoms. The summed E-state index contributed by atoms with van der Waals surface area (Å²) < 4.78 is 23.9. The van der Waals surface area contributed by atoms with E-state index in [9.17, 15) is 9.18 Å². The van der Waals surface area contributed by atoms with Crippen LogP contribution in [0.25, 0.3) is 0 Å². The Morgan fingerprint density at radius 2 is 2.00 bits per heavy atom. The SMILES string of the molecule is CCNC(=NCC(=O)Nc1cccc(F)c1)NCCc1ccc2c(c1)OCO2. The number of halogens is 1. The van der Waals surface area contributed by atoms with Crippen LogP contribution < -0.4 is 25.4 Å². The molecule has 8 heteroatoms. The normalized spacial score (nSPS) is 12.6. The molecule has 0 saturated carbocycles. The van der Waals surface area contributed by atoms with E-state index >= 15 is 0 Å². The highest BCUT2D eigenvalue weighted by Crippen LogP contribution is 2.32. The molecule has 3 N–H and O–H groups in total. The number of nitrogens with one attached hydrogen (secondary N) is 3. The van der Waals surface area contributed by atoms with Gasteiger partial charge in [0.15, 0.2) is 17.5 Å². The van der Waals surface area contributed by atoms with Crippen LogP contribution in [0.2, 0.25) is 0 Å². The number of nitrogens with zero attached hydrogens (tertiary/aromatic N) is 1. The lowest BCUT2D eigenvalue weighted by Gasteiger charge is -2.11. The summed E-state index contributed by atoms with van der Waals surface area (Å²) in [6.07, 6.45) is 0.760. The number of aliphatic imine (C=N–C) groups is 1. The third kappa shape index (κ3) is 5.60. The first-order valence-corrected chi connectivity index (χ1v) is 9.10. The molecule has 2 aromatic carbocycles. The predicted molar refractivity (Wildman–Crippen MR) is 105 cm³/mol. The molecule has 148 valence electrons. The van der Waals surface area contributed by atoms with E-state index in [-0.39, 0.29) is 19.2 Å². The smallest absolute Gasteiger partial charge is 0.246 e. The summed E-state index contributed by atoms with van der Waals surface area (Å²) in [6, 6.07) is 11.6. The molecule has 3 rings (SSSR count). The second kappa shape index (κ2) is 9.59. The standard InChI is InChI=1S/C20H23FN4O3/c1-2-22-20(24-12-19(26)25-16-5-3-4-15(21)11-16)23-9-8-14-6-7-17-18(10-14)28-13-27-17/h3-7,10-11H,2,8-9,12-13H2,1H3,(H,25,26)(H2,22,23,24). The van der Waals surface area contributed by atoms with Gasteiger partial charge < -0.3 is 25.4 Å². The zero-order valence-corrected chi connectivity index (χ0v) is 15.6. The first-order valence-electron chi connectivity index (χ1n) is 9.10. The van der Waals surface area contributed by atoms with Gasteiger partial charge in [-0.15, -0.1) is 0 Å². The number of fused-ring (bicyclic) bond motifs is 1. The van der Waals surface area contributed by atoms with Crippen molar-refractivity contribution in [3.63, 3.8) is 0 Å². The minimum absolute atomic E-state index is 0.0735. The van der Waals surface area contributed by atoms with Crippen molar-refractivity contribution < 1.29 is 18.7 Å². The fourth-order valence-corrected chi connectivity index (χ4v) is 2.68. The van der Waals surface area contributed by atoms with Gasteiger partial charge in [0, 0.05) is 18.8 Å². The van der Waals surface area contributed by atoms with E-state index in [4.69, 9.17) is 9.47 Å². The molecule has 0 atom stereocenters. The van der Waals surface area contributed by atoms with E-state index in [0.717, 1.165) is 23.5 Å². The maximum Gasteiger partial charge on any atom is 0.246 e. The third-order valence-corrected chi connectivity index (χ3v) is 3.98. The highest BCUT2D eigenvalue weighted by Gasteiger charge is 2.13. The summed E-state index contributed by atoms with van der Waals surface area (Å²) in [7, 11) is 0. The van der Waals surface area contributed by atoms with Crippen LogP contribution in [-0.4, -0.2) is 38.3 Å². The van der Waals surface area contributed by atoms with Crippen molar-refractivity contribution in [3.8, 4) is 11.5 Å². The Morgan fingerprint density at radius 1 is 1.14 bits per heavy atom. The Hall–Kier alpha value is -3.29. The fraction of sp³-hybridized carbons (Fsp3) is 0.300. The van der Waals surface area contributed by atoms with Gasteiger partial charge in [-0.2, -0.15) is 0 Å². The highest BCUT2D eigenvalue weighted by atomic mass is 19.1. The number of amides is 1. The number of carbonyl (C=O) groups excluding carboxylic acids is 1. The Labute approximate surface area is 163 Å². The third-order valence-electron chi connectivity index (χ3n) is 3.98. The van der Waals surface area contributed by atoms with E-state index in [0.29, 0.717) is 24.7 Å². The first kappa shape index (κ1) is 19.5. The molecule has 7 nitrogen and oxygen atoms in total. The summed E-state index contributed by atoms with van der Waals surface area (Å²) in [5.74, 6) is 1.33. The van der Waals surface area contributed by atoms with E-state index in [2.05, 4.69) is 20.9 Å². The minimum Gasteiger partial charge on any atom is -0.454 e.